The standard InChI is InChI=1S/C14H16N4O3/c1-10-7-13(17-21-10)18(11(2)19)9-14(20)16-8-12-3-5-15-6-4-12/h3-7H,8-9H2,1-2H3,(H,16,20). The van der Waals surface area contributed by atoms with E-state index in [2.05, 4.69) is 15.5 Å². The van der Waals surface area contributed by atoms with Crippen LogP contribution in [0.25, 0.3) is 0 Å². The first-order chi connectivity index (χ1) is 10.1. The van der Waals surface area contributed by atoms with E-state index in [0.29, 0.717) is 18.1 Å². The van der Waals surface area contributed by atoms with E-state index in [4.69, 9.17) is 4.52 Å². The highest BCUT2D eigenvalue weighted by Gasteiger charge is 2.18. The Bertz CT molecular complexity index is 624. The number of aromatic nitrogens is 2. The summed E-state index contributed by atoms with van der Waals surface area (Å²) < 4.78 is 4.92. The van der Waals surface area contributed by atoms with Gasteiger partial charge < -0.3 is 9.84 Å². The molecule has 0 unspecified atom stereocenters. The van der Waals surface area contributed by atoms with Crippen LogP contribution in [0.2, 0.25) is 0 Å². The molecule has 0 aliphatic carbocycles. The number of nitrogens with zero attached hydrogens (tertiary/aromatic N) is 3. The molecular formula is C14H16N4O3. The second-order valence-corrected chi connectivity index (χ2v) is 4.53. The molecule has 0 fully saturated rings. The smallest absolute Gasteiger partial charge is 0.240 e. The molecule has 2 rings (SSSR count). The molecule has 1 N–H and O–H groups in total. The van der Waals surface area contributed by atoms with Crippen molar-refractivity contribution in [2.75, 3.05) is 11.4 Å². The summed E-state index contributed by atoms with van der Waals surface area (Å²) in [6.45, 7) is 3.37. The van der Waals surface area contributed by atoms with Crippen molar-refractivity contribution in [3.63, 3.8) is 0 Å². The molecule has 2 aromatic heterocycles. The summed E-state index contributed by atoms with van der Waals surface area (Å²) in [7, 11) is 0. The second-order valence-electron chi connectivity index (χ2n) is 4.53. The minimum Gasteiger partial charge on any atom is -0.360 e. The first kappa shape index (κ1) is 14.7. The van der Waals surface area contributed by atoms with Gasteiger partial charge in [-0.3, -0.25) is 19.5 Å². The minimum atomic E-state index is -0.276. The summed E-state index contributed by atoms with van der Waals surface area (Å²) >= 11 is 0. The van der Waals surface area contributed by atoms with Crippen molar-refractivity contribution in [2.24, 2.45) is 0 Å². The van der Waals surface area contributed by atoms with E-state index in [1.54, 1.807) is 25.4 Å². The van der Waals surface area contributed by atoms with Gasteiger partial charge in [0.25, 0.3) is 0 Å². The van der Waals surface area contributed by atoms with Gasteiger partial charge in [0.15, 0.2) is 5.82 Å². The molecule has 0 aliphatic heterocycles. The van der Waals surface area contributed by atoms with Crippen LogP contribution in [0, 0.1) is 6.92 Å². The molecule has 7 nitrogen and oxygen atoms in total. The second kappa shape index (κ2) is 6.65. The zero-order valence-electron chi connectivity index (χ0n) is 11.9. The number of hydrogen-bond donors (Lipinski definition) is 1. The number of amides is 2. The maximum absolute atomic E-state index is 11.9. The molecule has 110 valence electrons. The third-order valence-electron chi connectivity index (χ3n) is 2.81. The van der Waals surface area contributed by atoms with E-state index in [-0.39, 0.29) is 18.4 Å². The highest BCUT2D eigenvalue weighted by atomic mass is 16.5. The zero-order valence-corrected chi connectivity index (χ0v) is 11.9. The van der Waals surface area contributed by atoms with E-state index in [1.807, 2.05) is 12.1 Å². The van der Waals surface area contributed by atoms with Gasteiger partial charge in [-0.25, -0.2) is 0 Å². The van der Waals surface area contributed by atoms with Gasteiger partial charge in [-0.2, -0.15) is 0 Å². The Kier molecular flexibility index (Phi) is 4.65. The average molecular weight is 288 g/mol. The predicted molar refractivity (Wildman–Crippen MR) is 75.4 cm³/mol. The van der Waals surface area contributed by atoms with Crippen molar-refractivity contribution < 1.29 is 14.1 Å². The molecule has 2 amide bonds. The van der Waals surface area contributed by atoms with E-state index < -0.39 is 0 Å². The van der Waals surface area contributed by atoms with Gasteiger partial charge in [-0.1, -0.05) is 5.16 Å². The number of carbonyl (C=O) groups is 2. The van der Waals surface area contributed by atoms with Crippen LogP contribution in [0.5, 0.6) is 0 Å². The molecule has 2 aromatic rings. The van der Waals surface area contributed by atoms with Gasteiger partial charge in [-0.15, -0.1) is 0 Å². The van der Waals surface area contributed by atoms with E-state index in [9.17, 15) is 9.59 Å². The van der Waals surface area contributed by atoms with Crippen LogP contribution in [0.3, 0.4) is 0 Å². The van der Waals surface area contributed by atoms with Crippen LogP contribution in [-0.4, -0.2) is 28.5 Å². The first-order valence-electron chi connectivity index (χ1n) is 6.43. The Morgan fingerprint density at radius 3 is 2.62 bits per heavy atom. The van der Waals surface area contributed by atoms with E-state index in [1.165, 1.54) is 11.8 Å². The van der Waals surface area contributed by atoms with Crippen LogP contribution < -0.4 is 10.2 Å². The Balaban J connectivity index is 1.94. The molecule has 21 heavy (non-hydrogen) atoms. The van der Waals surface area contributed by atoms with Crippen LogP contribution in [0.1, 0.15) is 18.2 Å². The van der Waals surface area contributed by atoms with Crippen LogP contribution in [-0.2, 0) is 16.1 Å². The van der Waals surface area contributed by atoms with E-state index in [0.717, 1.165) is 5.56 Å². The van der Waals surface area contributed by atoms with Crippen LogP contribution in [0.15, 0.2) is 35.1 Å². The lowest BCUT2D eigenvalue weighted by Crippen LogP contribution is -2.39. The molecule has 0 aromatic carbocycles. The maximum Gasteiger partial charge on any atom is 0.240 e. The first-order valence-corrected chi connectivity index (χ1v) is 6.43. The number of nitrogens with one attached hydrogen (secondary N) is 1. The lowest BCUT2D eigenvalue weighted by Gasteiger charge is -2.17. The number of hydrogen-bond acceptors (Lipinski definition) is 5. The Labute approximate surface area is 121 Å². The van der Waals surface area contributed by atoms with Crippen molar-refractivity contribution in [1.82, 2.24) is 15.5 Å². The quantitative estimate of drug-likeness (QED) is 0.888. The third kappa shape index (κ3) is 4.13. The summed E-state index contributed by atoms with van der Waals surface area (Å²) in [6.07, 6.45) is 3.31. The zero-order chi connectivity index (χ0) is 15.2. The Morgan fingerprint density at radius 2 is 2.05 bits per heavy atom. The Hall–Kier alpha value is -2.70. The SMILES string of the molecule is CC(=O)N(CC(=O)NCc1ccncc1)c1cc(C)on1. The summed E-state index contributed by atoms with van der Waals surface area (Å²) in [5, 5.41) is 6.49. The monoisotopic (exact) mass is 288 g/mol. The Morgan fingerprint density at radius 1 is 1.33 bits per heavy atom. The average Bonchev–Trinajstić information content (AvgIpc) is 2.89. The van der Waals surface area contributed by atoms with Gasteiger partial charge in [-0.05, 0) is 24.6 Å². The highest BCUT2D eigenvalue weighted by molar-refractivity contribution is 5.96. The highest BCUT2D eigenvalue weighted by Crippen LogP contribution is 2.13. The van der Waals surface area contributed by atoms with Gasteiger partial charge in [0.05, 0.1) is 0 Å². The summed E-state index contributed by atoms with van der Waals surface area (Å²) in [6, 6.07) is 5.23. The number of aryl methyl sites for hydroxylation is 1. The van der Waals surface area contributed by atoms with Crippen LogP contribution in [0.4, 0.5) is 5.82 Å². The predicted octanol–water partition coefficient (Wildman–Crippen LogP) is 1.05. The van der Waals surface area contributed by atoms with Crippen molar-refractivity contribution in [3.8, 4) is 0 Å². The molecule has 0 bridgehead atoms. The topological polar surface area (TPSA) is 88.3 Å². The molecule has 0 atom stereocenters. The maximum atomic E-state index is 11.9. The summed E-state index contributed by atoms with van der Waals surface area (Å²) in [5.41, 5.74) is 0.935. The fourth-order valence-electron chi connectivity index (χ4n) is 1.73. The van der Waals surface area contributed by atoms with Crippen molar-refractivity contribution in [3.05, 3.63) is 41.9 Å². The van der Waals surface area contributed by atoms with Crippen molar-refractivity contribution in [2.45, 2.75) is 20.4 Å². The number of rotatable bonds is 5. The lowest BCUT2D eigenvalue weighted by molar-refractivity contribution is -0.123. The van der Waals surface area contributed by atoms with Gasteiger partial charge in [0.2, 0.25) is 11.8 Å². The number of anilines is 1. The molecule has 2 heterocycles. The fraction of sp³-hybridized carbons (Fsp3) is 0.286. The molecular weight excluding hydrogens is 272 g/mol. The van der Waals surface area contributed by atoms with E-state index >= 15 is 0 Å². The van der Waals surface area contributed by atoms with Crippen molar-refractivity contribution in [1.29, 1.82) is 0 Å². The molecule has 0 radical (unpaired) electrons. The molecule has 7 heteroatoms. The van der Waals surface area contributed by atoms with Gasteiger partial charge >= 0.3 is 0 Å². The third-order valence-corrected chi connectivity index (χ3v) is 2.81. The number of pyridine rings is 1. The van der Waals surface area contributed by atoms with Gasteiger partial charge in [0.1, 0.15) is 12.3 Å². The normalized spacial score (nSPS) is 10.2. The number of carbonyl (C=O) groups excluding carboxylic acids is 2. The van der Waals surface area contributed by atoms with Crippen molar-refractivity contribution >= 4 is 17.6 Å². The minimum absolute atomic E-state index is 0.105. The van der Waals surface area contributed by atoms with Gasteiger partial charge in [0, 0.05) is 31.9 Å². The van der Waals surface area contributed by atoms with Crippen LogP contribution >= 0.6 is 0 Å². The largest absolute Gasteiger partial charge is 0.360 e. The summed E-state index contributed by atoms with van der Waals surface area (Å²) in [4.78, 5) is 28.7. The molecule has 0 aliphatic rings. The fourth-order valence-corrected chi connectivity index (χ4v) is 1.73. The molecule has 0 saturated heterocycles. The summed E-state index contributed by atoms with van der Waals surface area (Å²) in [5.74, 6) is 0.359. The molecule has 0 spiro atoms. The molecule has 0 saturated carbocycles. The lowest BCUT2D eigenvalue weighted by atomic mass is 10.3.